The molecule has 5 nitrogen and oxygen atoms in total. The SMILES string of the molecule is CC(C)(C)NC(=O)Nc1ccc(Cl)cc1C(=O)O. The second kappa shape index (κ2) is 5.27. The molecule has 0 bridgehead atoms. The van der Waals surface area contributed by atoms with Crippen LogP contribution in [0.4, 0.5) is 10.5 Å². The molecule has 0 heterocycles. The van der Waals surface area contributed by atoms with E-state index in [0.717, 1.165) is 0 Å². The van der Waals surface area contributed by atoms with E-state index in [1.807, 2.05) is 20.8 Å². The summed E-state index contributed by atoms with van der Waals surface area (Å²) in [6.07, 6.45) is 0. The predicted molar refractivity (Wildman–Crippen MR) is 70.3 cm³/mol. The quantitative estimate of drug-likeness (QED) is 0.773. The van der Waals surface area contributed by atoms with Crippen LogP contribution in [0.25, 0.3) is 0 Å². The van der Waals surface area contributed by atoms with E-state index >= 15 is 0 Å². The highest BCUT2D eigenvalue weighted by Gasteiger charge is 2.16. The summed E-state index contributed by atoms with van der Waals surface area (Å²) >= 11 is 5.71. The third-order valence-corrected chi connectivity index (χ3v) is 2.18. The number of carbonyl (C=O) groups excluding carboxylic acids is 1. The van der Waals surface area contributed by atoms with Gasteiger partial charge in [0.1, 0.15) is 0 Å². The zero-order valence-corrected chi connectivity index (χ0v) is 11.1. The minimum atomic E-state index is -1.15. The van der Waals surface area contributed by atoms with Crippen molar-refractivity contribution < 1.29 is 14.7 Å². The second-order valence-corrected chi connectivity index (χ2v) is 5.26. The van der Waals surface area contributed by atoms with Crippen LogP contribution in [0.15, 0.2) is 18.2 Å². The van der Waals surface area contributed by atoms with Crippen LogP contribution in [-0.2, 0) is 0 Å². The summed E-state index contributed by atoms with van der Waals surface area (Å²) in [5.41, 5.74) is -0.250. The Bertz CT molecular complexity index is 481. The lowest BCUT2D eigenvalue weighted by atomic mass is 10.1. The van der Waals surface area contributed by atoms with Crippen molar-refractivity contribution >= 4 is 29.3 Å². The van der Waals surface area contributed by atoms with Gasteiger partial charge in [0.25, 0.3) is 0 Å². The average molecular weight is 271 g/mol. The lowest BCUT2D eigenvalue weighted by Crippen LogP contribution is -2.43. The summed E-state index contributed by atoms with van der Waals surface area (Å²) in [5, 5.41) is 14.5. The van der Waals surface area contributed by atoms with Gasteiger partial charge in [-0.25, -0.2) is 9.59 Å². The van der Waals surface area contributed by atoms with Gasteiger partial charge in [-0.15, -0.1) is 0 Å². The molecule has 0 spiro atoms. The van der Waals surface area contributed by atoms with E-state index in [9.17, 15) is 9.59 Å². The first-order chi connectivity index (χ1) is 8.19. The van der Waals surface area contributed by atoms with Crippen molar-refractivity contribution in [2.45, 2.75) is 26.3 Å². The fourth-order valence-electron chi connectivity index (χ4n) is 1.30. The average Bonchev–Trinajstić information content (AvgIpc) is 2.17. The number of hydrogen-bond acceptors (Lipinski definition) is 2. The van der Waals surface area contributed by atoms with Gasteiger partial charge in [-0.3, -0.25) is 0 Å². The van der Waals surface area contributed by atoms with Crippen molar-refractivity contribution in [2.24, 2.45) is 0 Å². The van der Waals surface area contributed by atoms with E-state index in [-0.39, 0.29) is 11.3 Å². The van der Waals surface area contributed by atoms with E-state index in [4.69, 9.17) is 16.7 Å². The second-order valence-electron chi connectivity index (χ2n) is 4.82. The Kier molecular flexibility index (Phi) is 4.19. The Hall–Kier alpha value is -1.75. The number of halogens is 1. The highest BCUT2D eigenvalue weighted by Crippen LogP contribution is 2.20. The Morgan fingerprint density at radius 3 is 2.39 bits per heavy atom. The van der Waals surface area contributed by atoms with Crippen molar-refractivity contribution in [3.05, 3.63) is 28.8 Å². The number of amides is 2. The van der Waals surface area contributed by atoms with E-state index in [1.165, 1.54) is 18.2 Å². The zero-order chi connectivity index (χ0) is 13.9. The molecule has 1 aromatic carbocycles. The van der Waals surface area contributed by atoms with Crippen LogP contribution in [0.5, 0.6) is 0 Å². The van der Waals surface area contributed by atoms with E-state index < -0.39 is 17.5 Å². The highest BCUT2D eigenvalue weighted by molar-refractivity contribution is 6.31. The predicted octanol–water partition coefficient (Wildman–Crippen LogP) is 2.96. The molecule has 1 aromatic rings. The van der Waals surface area contributed by atoms with Gasteiger partial charge in [0.15, 0.2) is 0 Å². The molecular formula is C12H15ClN2O3. The third kappa shape index (κ3) is 4.25. The molecule has 18 heavy (non-hydrogen) atoms. The molecule has 1 rings (SSSR count). The molecule has 0 aromatic heterocycles. The topological polar surface area (TPSA) is 78.4 Å². The summed E-state index contributed by atoms with van der Waals surface area (Å²) in [4.78, 5) is 22.7. The van der Waals surface area contributed by atoms with Gasteiger partial charge < -0.3 is 15.7 Å². The minimum Gasteiger partial charge on any atom is -0.478 e. The van der Waals surface area contributed by atoms with Gasteiger partial charge >= 0.3 is 12.0 Å². The van der Waals surface area contributed by atoms with Crippen LogP contribution >= 0.6 is 11.6 Å². The van der Waals surface area contributed by atoms with Crippen LogP contribution in [-0.4, -0.2) is 22.6 Å². The van der Waals surface area contributed by atoms with Gasteiger partial charge in [-0.1, -0.05) is 11.6 Å². The van der Waals surface area contributed by atoms with Crippen molar-refractivity contribution in [2.75, 3.05) is 5.32 Å². The van der Waals surface area contributed by atoms with Crippen LogP contribution < -0.4 is 10.6 Å². The van der Waals surface area contributed by atoms with Crippen molar-refractivity contribution in [3.8, 4) is 0 Å². The number of hydrogen-bond donors (Lipinski definition) is 3. The normalized spacial score (nSPS) is 10.9. The standard InChI is InChI=1S/C12H15ClN2O3/c1-12(2,3)15-11(18)14-9-5-4-7(13)6-8(9)10(16)17/h4-6H,1-3H3,(H,16,17)(H2,14,15,18). The maximum atomic E-state index is 11.6. The molecule has 0 aliphatic rings. The molecule has 0 radical (unpaired) electrons. The number of aromatic carboxylic acids is 1. The Morgan fingerprint density at radius 2 is 1.89 bits per heavy atom. The van der Waals surface area contributed by atoms with Crippen LogP contribution in [0.3, 0.4) is 0 Å². The van der Waals surface area contributed by atoms with E-state index in [0.29, 0.717) is 5.02 Å². The number of carboxylic acids is 1. The number of carboxylic acid groups (broad SMARTS) is 1. The lowest BCUT2D eigenvalue weighted by Gasteiger charge is -2.21. The van der Waals surface area contributed by atoms with Gasteiger partial charge in [0.05, 0.1) is 11.3 Å². The molecule has 0 unspecified atom stereocenters. The minimum absolute atomic E-state index is 0.0495. The van der Waals surface area contributed by atoms with Crippen LogP contribution in [0, 0.1) is 0 Å². The van der Waals surface area contributed by atoms with Gasteiger partial charge in [-0.05, 0) is 39.0 Å². The van der Waals surface area contributed by atoms with Gasteiger partial charge in [-0.2, -0.15) is 0 Å². The molecule has 0 atom stereocenters. The van der Waals surface area contributed by atoms with Crippen LogP contribution in [0.1, 0.15) is 31.1 Å². The maximum Gasteiger partial charge on any atom is 0.337 e. The number of rotatable bonds is 2. The summed E-state index contributed by atoms with van der Waals surface area (Å²) < 4.78 is 0. The molecular weight excluding hydrogens is 256 g/mol. The van der Waals surface area contributed by atoms with Gasteiger partial charge in [0.2, 0.25) is 0 Å². The molecule has 3 N–H and O–H groups in total. The maximum absolute atomic E-state index is 11.6. The Balaban J connectivity index is 2.91. The number of benzene rings is 1. The van der Waals surface area contributed by atoms with Crippen molar-refractivity contribution in [1.29, 1.82) is 0 Å². The molecule has 0 saturated heterocycles. The van der Waals surface area contributed by atoms with Crippen LogP contribution in [0.2, 0.25) is 5.02 Å². The summed E-state index contributed by atoms with van der Waals surface area (Å²) in [5.74, 6) is -1.15. The fraction of sp³-hybridized carbons (Fsp3) is 0.333. The zero-order valence-electron chi connectivity index (χ0n) is 10.4. The Labute approximate surface area is 110 Å². The lowest BCUT2D eigenvalue weighted by molar-refractivity contribution is 0.0698. The largest absolute Gasteiger partial charge is 0.478 e. The number of carbonyl (C=O) groups is 2. The first-order valence-electron chi connectivity index (χ1n) is 5.31. The molecule has 2 amide bonds. The van der Waals surface area contributed by atoms with Crippen molar-refractivity contribution in [1.82, 2.24) is 5.32 Å². The summed E-state index contributed by atoms with van der Waals surface area (Å²) in [6.45, 7) is 5.48. The molecule has 0 aliphatic carbocycles. The highest BCUT2D eigenvalue weighted by atomic mass is 35.5. The number of nitrogens with one attached hydrogen (secondary N) is 2. The third-order valence-electron chi connectivity index (χ3n) is 1.95. The molecule has 0 fully saturated rings. The first kappa shape index (κ1) is 14.3. The summed E-state index contributed by atoms with van der Waals surface area (Å²) in [6, 6.07) is 3.79. The molecule has 6 heteroatoms. The molecule has 0 saturated carbocycles. The van der Waals surface area contributed by atoms with E-state index in [2.05, 4.69) is 10.6 Å². The number of urea groups is 1. The van der Waals surface area contributed by atoms with E-state index in [1.54, 1.807) is 0 Å². The monoisotopic (exact) mass is 270 g/mol. The smallest absolute Gasteiger partial charge is 0.337 e. The molecule has 0 aliphatic heterocycles. The Morgan fingerprint density at radius 1 is 1.28 bits per heavy atom. The van der Waals surface area contributed by atoms with Crippen molar-refractivity contribution in [3.63, 3.8) is 0 Å². The van der Waals surface area contributed by atoms with Gasteiger partial charge in [0, 0.05) is 10.6 Å². The summed E-state index contributed by atoms with van der Waals surface area (Å²) in [7, 11) is 0. The fourth-order valence-corrected chi connectivity index (χ4v) is 1.47. The molecule has 98 valence electrons. The number of anilines is 1. The first-order valence-corrected chi connectivity index (χ1v) is 5.69.